The molecule has 0 bridgehead atoms. The monoisotopic (exact) mass is 197 g/mol. The molecule has 0 amide bonds. The van der Waals surface area contributed by atoms with Gasteiger partial charge in [0, 0.05) is 6.04 Å². The number of rotatable bonds is 8. The molecule has 0 heterocycles. The molecule has 0 aromatic carbocycles. The Morgan fingerprint density at radius 3 is 2.36 bits per heavy atom. The lowest BCUT2D eigenvalue weighted by molar-refractivity contribution is 0.395. The van der Waals surface area contributed by atoms with Crippen LogP contribution in [0.1, 0.15) is 53.4 Å². The van der Waals surface area contributed by atoms with Crippen LogP contribution < -0.4 is 5.32 Å². The SMILES string of the molecule is C=C(CC)CC(CC(C)CC)NCC. The topological polar surface area (TPSA) is 12.0 Å². The molecule has 0 aliphatic rings. The fourth-order valence-electron chi connectivity index (χ4n) is 1.67. The molecular weight excluding hydrogens is 170 g/mol. The third-order valence-electron chi connectivity index (χ3n) is 2.91. The second-order valence-electron chi connectivity index (χ2n) is 4.31. The zero-order valence-electron chi connectivity index (χ0n) is 10.4. The zero-order chi connectivity index (χ0) is 11.0. The average molecular weight is 197 g/mol. The molecule has 84 valence electrons. The van der Waals surface area contributed by atoms with Crippen LogP contribution in [-0.4, -0.2) is 12.6 Å². The van der Waals surface area contributed by atoms with Gasteiger partial charge in [0.1, 0.15) is 0 Å². The Hall–Kier alpha value is -0.300. The van der Waals surface area contributed by atoms with Gasteiger partial charge in [0.15, 0.2) is 0 Å². The van der Waals surface area contributed by atoms with Crippen molar-refractivity contribution in [2.45, 2.75) is 59.4 Å². The summed E-state index contributed by atoms with van der Waals surface area (Å²) in [4.78, 5) is 0. The van der Waals surface area contributed by atoms with Gasteiger partial charge in [-0.25, -0.2) is 0 Å². The van der Waals surface area contributed by atoms with E-state index in [1.807, 2.05) is 0 Å². The lowest BCUT2D eigenvalue weighted by atomic mass is 9.94. The smallest absolute Gasteiger partial charge is 0.0106 e. The molecule has 0 aromatic heterocycles. The van der Waals surface area contributed by atoms with Crippen molar-refractivity contribution < 1.29 is 0 Å². The van der Waals surface area contributed by atoms with Crippen LogP contribution in [0.4, 0.5) is 0 Å². The summed E-state index contributed by atoms with van der Waals surface area (Å²) in [5, 5.41) is 3.55. The summed E-state index contributed by atoms with van der Waals surface area (Å²) in [6, 6.07) is 0.641. The first kappa shape index (κ1) is 13.7. The molecule has 1 N–H and O–H groups in total. The normalized spacial score (nSPS) is 15.1. The molecule has 0 aromatic rings. The minimum Gasteiger partial charge on any atom is -0.314 e. The molecule has 1 heteroatoms. The van der Waals surface area contributed by atoms with E-state index in [1.165, 1.54) is 18.4 Å². The Balaban J connectivity index is 3.94. The first-order valence-corrected chi connectivity index (χ1v) is 6.03. The molecule has 0 rings (SSSR count). The van der Waals surface area contributed by atoms with E-state index >= 15 is 0 Å². The van der Waals surface area contributed by atoms with Gasteiger partial charge in [0.25, 0.3) is 0 Å². The summed E-state index contributed by atoms with van der Waals surface area (Å²) in [6.07, 6.45) is 4.82. The molecule has 0 aliphatic heterocycles. The Morgan fingerprint density at radius 2 is 1.93 bits per heavy atom. The maximum absolute atomic E-state index is 4.09. The largest absolute Gasteiger partial charge is 0.314 e. The molecule has 2 unspecified atom stereocenters. The molecule has 0 saturated carbocycles. The van der Waals surface area contributed by atoms with E-state index in [2.05, 4.69) is 39.6 Å². The van der Waals surface area contributed by atoms with Crippen molar-refractivity contribution in [1.82, 2.24) is 5.32 Å². The van der Waals surface area contributed by atoms with Gasteiger partial charge in [-0.15, -0.1) is 0 Å². The summed E-state index contributed by atoms with van der Waals surface area (Å²) in [5.41, 5.74) is 1.37. The van der Waals surface area contributed by atoms with Crippen molar-refractivity contribution in [2.24, 2.45) is 5.92 Å². The van der Waals surface area contributed by atoms with Gasteiger partial charge in [0.05, 0.1) is 0 Å². The summed E-state index contributed by atoms with van der Waals surface area (Å²) < 4.78 is 0. The fourth-order valence-corrected chi connectivity index (χ4v) is 1.67. The van der Waals surface area contributed by atoms with Crippen molar-refractivity contribution in [3.05, 3.63) is 12.2 Å². The predicted octanol–water partition coefficient (Wildman–Crippen LogP) is 3.76. The van der Waals surface area contributed by atoms with E-state index < -0.39 is 0 Å². The summed E-state index contributed by atoms with van der Waals surface area (Å²) >= 11 is 0. The summed E-state index contributed by atoms with van der Waals surface area (Å²) in [7, 11) is 0. The highest BCUT2D eigenvalue weighted by atomic mass is 14.9. The van der Waals surface area contributed by atoms with E-state index in [1.54, 1.807) is 0 Å². The van der Waals surface area contributed by atoms with Gasteiger partial charge in [-0.3, -0.25) is 0 Å². The second kappa shape index (κ2) is 8.05. The van der Waals surface area contributed by atoms with Gasteiger partial charge in [0.2, 0.25) is 0 Å². The Kier molecular flexibility index (Phi) is 7.87. The molecule has 0 fully saturated rings. The number of hydrogen-bond donors (Lipinski definition) is 1. The molecule has 0 aliphatic carbocycles. The third kappa shape index (κ3) is 6.20. The van der Waals surface area contributed by atoms with Gasteiger partial charge >= 0.3 is 0 Å². The molecule has 0 radical (unpaired) electrons. The molecule has 0 saturated heterocycles. The van der Waals surface area contributed by atoms with Gasteiger partial charge < -0.3 is 5.32 Å². The van der Waals surface area contributed by atoms with Crippen molar-refractivity contribution in [3.8, 4) is 0 Å². The second-order valence-corrected chi connectivity index (χ2v) is 4.31. The van der Waals surface area contributed by atoms with E-state index in [0.717, 1.165) is 25.3 Å². The molecule has 14 heavy (non-hydrogen) atoms. The Morgan fingerprint density at radius 1 is 1.29 bits per heavy atom. The Labute approximate surface area is 90.0 Å². The van der Waals surface area contributed by atoms with Crippen LogP contribution in [0.2, 0.25) is 0 Å². The molecule has 1 nitrogen and oxygen atoms in total. The van der Waals surface area contributed by atoms with Gasteiger partial charge in [-0.2, -0.15) is 0 Å². The van der Waals surface area contributed by atoms with Crippen LogP contribution in [0.5, 0.6) is 0 Å². The maximum atomic E-state index is 4.09. The van der Waals surface area contributed by atoms with Crippen molar-refractivity contribution in [3.63, 3.8) is 0 Å². The highest BCUT2D eigenvalue weighted by molar-refractivity contribution is 4.96. The van der Waals surface area contributed by atoms with E-state index in [4.69, 9.17) is 0 Å². The van der Waals surface area contributed by atoms with Crippen LogP contribution in [0, 0.1) is 5.92 Å². The minimum atomic E-state index is 0.641. The highest BCUT2D eigenvalue weighted by Crippen LogP contribution is 2.16. The van der Waals surface area contributed by atoms with E-state index in [-0.39, 0.29) is 0 Å². The van der Waals surface area contributed by atoms with E-state index in [0.29, 0.717) is 6.04 Å². The predicted molar refractivity (Wildman–Crippen MR) is 65.6 cm³/mol. The highest BCUT2D eigenvalue weighted by Gasteiger charge is 2.11. The molecule has 2 atom stereocenters. The Bertz CT molecular complexity index is 151. The fraction of sp³-hybridized carbons (Fsp3) is 0.846. The third-order valence-corrected chi connectivity index (χ3v) is 2.91. The first-order valence-electron chi connectivity index (χ1n) is 6.03. The van der Waals surface area contributed by atoms with E-state index in [9.17, 15) is 0 Å². The first-order chi connectivity index (χ1) is 6.63. The number of nitrogens with one attached hydrogen (secondary N) is 1. The van der Waals surface area contributed by atoms with Crippen molar-refractivity contribution in [2.75, 3.05) is 6.54 Å². The van der Waals surface area contributed by atoms with Gasteiger partial charge in [-0.05, 0) is 31.7 Å². The lowest BCUT2D eigenvalue weighted by Gasteiger charge is -2.21. The quantitative estimate of drug-likeness (QED) is 0.584. The summed E-state index contributed by atoms with van der Waals surface area (Å²) in [5.74, 6) is 0.823. The standard InChI is InChI=1S/C13H27N/c1-6-11(4)9-13(14-8-3)10-12(5)7-2/h12-14H,4,6-10H2,1-3,5H3. The minimum absolute atomic E-state index is 0.641. The summed E-state index contributed by atoms with van der Waals surface area (Å²) in [6.45, 7) is 14.1. The van der Waals surface area contributed by atoms with Crippen molar-refractivity contribution >= 4 is 0 Å². The van der Waals surface area contributed by atoms with Crippen LogP contribution >= 0.6 is 0 Å². The van der Waals surface area contributed by atoms with Crippen LogP contribution in [0.3, 0.4) is 0 Å². The number of hydrogen-bond acceptors (Lipinski definition) is 1. The van der Waals surface area contributed by atoms with Crippen LogP contribution in [0.15, 0.2) is 12.2 Å². The van der Waals surface area contributed by atoms with Crippen LogP contribution in [-0.2, 0) is 0 Å². The van der Waals surface area contributed by atoms with Gasteiger partial charge in [-0.1, -0.05) is 46.3 Å². The maximum Gasteiger partial charge on any atom is 0.0106 e. The molecule has 0 spiro atoms. The lowest BCUT2D eigenvalue weighted by Crippen LogP contribution is -2.30. The van der Waals surface area contributed by atoms with Crippen molar-refractivity contribution in [1.29, 1.82) is 0 Å². The molecular formula is C13H27N. The zero-order valence-corrected chi connectivity index (χ0v) is 10.4. The van der Waals surface area contributed by atoms with Crippen LogP contribution in [0.25, 0.3) is 0 Å². The average Bonchev–Trinajstić information content (AvgIpc) is 2.17.